The van der Waals surface area contributed by atoms with Crippen molar-refractivity contribution < 1.29 is 18.8 Å². The number of amides is 3. The Balaban J connectivity index is 1.41. The highest BCUT2D eigenvalue weighted by molar-refractivity contribution is 5.96. The van der Waals surface area contributed by atoms with Gasteiger partial charge in [0.15, 0.2) is 5.76 Å². The number of carbonyl (C=O) groups is 3. The Labute approximate surface area is 185 Å². The van der Waals surface area contributed by atoms with Crippen molar-refractivity contribution in [3.8, 4) is 11.3 Å². The molecule has 3 amide bonds. The van der Waals surface area contributed by atoms with Crippen molar-refractivity contribution in [1.82, 2.24) is 20.9 Å². The third-order valence-electron chi connectivity index (χ3n) is 5.30. The van der Waals surface area contributed by atoms with Crippen LogP contribution in [0.5, 0.6) is 0 Å². The van der Waals surface area contributed by atoms with Crippen LogP contribution in [0.2, 0.25) is 0 Å². The quantitative estimate of drug-likeness (QED) is 0.506. The molecule has 1 aliphatic carbocycles. The zero-order chi connectivity index (χ0) is 22.5. The van der Waals surface area contributed by atoms with Gasteiger partial charge in [-0.25, -0.2) is 0 Å². The molecule has 164 valence electrons. The van der Waals surface area contributed by atoms with Gasteiger partial charge in [0.05, 0.1) is 0 Å². The zero-order valence-corrected chi connectivity index (χ0v) is 17.6. The average molecular weight is 432 g/mol. The minimum Gasteiger partial charge on any atom is -0.451 e. The standard InChI is InChI=1S/C24H24N4O4/c1-25-24(31)21(16-8-9-16)28-23(30)20-11-10-19(32-20)17-6-4-5-15(13-17)14-27-22(29)18-7-2-3-12-26-18/h2-7,10-13,16,21H,8-9,14H2,1H3,(H,25,31)(H,27,29)(H,28,30)/t21-/m0/s1. The summed E-state index contributed by atoms with van der Waals surface area (Å²) >= 11 is 0. The molecular formula is C24H24N4O4. The molecular weight excluding hydrogens is 408 g/mol. The lowest BCUT2D eigenvalue weighted by molar-refractivity contribution is -0.122. The number of pyridine rings is 1. The van der Waals surface area contributed by atoms with Gasteiger partial charge in [-0.1, -0.05) is 24.3 Å². The maximum atomic E-state index is 12.6. The molecule has 3 aromatic rings. The second-order valence-corrected chi connectivity index (χ2v) is 7.66. The van der Waals surface area contributed by atoms with Crippen LogP contribution in [-0.4, -0.2) is 35.8 Å². The van der Waals surface area contributed by atoms with E-state index in [0.717, 1.165) is 24.0 Å². The van der Waals surface area contributed by atoms with Crippen molar-refractivity contribution in [3.05, 3.63) is 77.8 Å². The van der Waals surface area contributed by atoms with E-state index >= 15 is 0 Å². The Morgan fingerprint density at radius 1 is 1.06 bits per heavy atom. The molecule has 1 atom stereocenters. The third kappa shape index (κ3) is 5.03. The lowest BCUT2D eigenvalue weighted by Crippen LogP contribution is -2.47. The smallest absolute Gasteiger partial charge is 0.287 e. The first-order chi connectivity index (χ1) is 15.5. The van der Waals surface area contributed by atoms with Crippen molar-refractivity contribution >= 4 is 17.7 Å². The number of aromatic nitrogens is 1. The first-order valence-corrected chi connectivity index (χ1v) is 10.5. The van der Waals surface area contributed by atoms with E-state index in [2.05, 4.69) is 20.9 Å². The van der Waals surface area contributed by atoms with E-state index in [1.807, 2.05) is 24.3 Å². The molecule has 8 heteroatoms. The van der Waals surface area contributed by atoms with Gasteiger partial charge < -0.3 is 20.4 Å². The molecule has 1 aliphatic rings. The Hall–Kier alpha value is -3.94. The fourth-order valence-electron chi connectivity index (χ4n) is 3.41. The van der Waals surface area contributed by atoms with Crippen LogP contribution in [-0.2, 0) is 11.3 Å². The van der Waals surface area contributed by atoms with Gasteiger partial charge in [0.25, 0.3) is 11.8 Å². The lowest BCUT2D eigenvalue weighted by Gasteiger charge is -2.15. The summed E-state index contributed by atoms with van der Waals surface area (Å²) in [4.78, 5) is 40.9. The monoisotopic (exact) mass is 432 g/mol. The van der Waals surface area contributed by atoms with Crippen molar-refractivity contribution in [3.63, 3.8) is 0 Å². The van der Waals surface area contributed by atoms with Gasteiger partial charge in [-0.05, 0) is 54.7 Å². The molecule has 32 heavy (non-hydrogen) atoms. The highest BCUT2D eigenvalue weighted by atomic mass is 16.4. The minimum absolute atomic E-state index is 0.142. The fraction of sp³-hybridized carbons (Fsp3) is 0.250. The van der Waals surface area contributed by atoms with Crippen LogP contribution in [0.4, 0.5) is 0 Å². The van der Waals surface area contributed by atoms with E-state index < -0.39 is 11.9 Å². The molecule has 1 saturated carbocycles. The molecule has 4 rings (SSSR count). The molecule has 1 fully saturated rings. The zero-order valence-electron chi connectivity index (χ0n) is 17.6. The van der Waals surface area contributed by atoms with Crippen LogP contribution in [0.15, 0.2) is 65.2 Å². The largest absolute Gasteiger partial charge is 0.451 e. The molecule has 0 aliphatic heterocycles. The summed E-state index contributed by atoms with van der Waals surface area (Å²) in [6.07, 6.45) is 3.42. The third-order valence-corrected chi connectivity index (χ3v) is 5.30. The average Bonchev–Trinajstić information content (AvgIpc) is 3.55. The van der Waals surface area contributed by atoms with Gasteiger partial charge in [0.1, 0.15) is 17.5 Å². The van der Waals surface area contributed by atoms with Crippen molar-refractivity contribution in [2.75, 3.05) is 7.05 Å². The predicted molar refractivity (Wildman–Crippen MR) is 118 cm³/mol. The molecule has 2 aromatic heterocycles. The molecule has 3 N–H and O–H groups in total. The number of furan rings is 1. The van der Waals surface area contributed by atoms with Crippen LogP contribution >= 0.6 is 0 Å². The number of rotatable bonds is 8. The number of carbonyl (C=O) groups excluding carboxylic acids is 3. The Morgan fingerprint density at radius 3 is 2.62 bits per heavy atom. The summed E-state index contributed by atoms with van der Waals surface area (Å²) in [5.41, 5.74) is 2.01. The van der Waals surface area contributed by atoms with Crippen molar-refractivity contribution in [2.45, 2.75) is 25.4 Å². The van der Waals surface area contributed by atoms with Gasteiger partial charge in [0, 0.05) is 25.4 Å². The Bertz CT molecular complexity index is 1120. The highest BCUT2D eigenvalue weighted by Gasteiger charge is 2.37. The van der Waals surface area contributed by atoms with Gasteiger partial charge in [-0.3, -0.25) is 19.4 Å². The van der Waals surface area contributed by atoms with Crippen molar-refractivity contribution in [1.29, 1.82) is 0 Å². The molecule has 2 heterocycles. The van der Waals surface area contributed by atoms with E-state index in [4.69, 9.17) is 4.42 Å². The number of hydrogen-bond donors (Lipinski definition) is 3. The molecule has 0 saturated heterocycles. The second-order valence-electron chi connectivity index (χ2n) is 7.66. The summed E-state index contributed by atoms with van der Waals surface area (Å²) in [5, 5.41) is 8.20. The minimum atomic E-state index is -0.549. The Kier molecular flexibility index (Phi) is 6.30. The summed E-state index contributed by atoms with van der Waals surface area (Å²) in [6, 6.07) is 15.4. The van der Waals surface area contributed by atoms with Gasteiger partial charge in [-0.15, -0.1) is 0 Å². The van der Waals surface area contributed by atoms with E-state index in [1.54, 1.807) is 43.6 Å². The predicted octanol–water partition coefficient (Wildman–Crippen LogP) is 2.53. The summed E-state index contributed by atoms with van der Waals surface area (Å²) in [7, 11) is 1.56. The highest BCUT2D eigenvalue weighted by Crippen LogP contribution is 2.33. The normalized spacial score (nSPS) is 13.8. The maximum absolute atomic E-state index is 12.6. The molecule has 8 nitrogen and oxygen atoms in total. The van der Waals surface area contributed by atoms with Gasteiger partial charge in [0.2, 0.25) is 5.91 Å². The summed E-state index contributed by atoms with van der Waals surface area (Å²) < 4.78 is 5.75. The summed E-state index contributed by atoms with van der Waals surface area (Å²) in [5.74, 6) is -0.0383. The lowest BCUT2D eigenvalue weighted by atomic mass is 10.1. The number of nitrogens with one attached hydrogen (secondary N) is 3. The number of nitrogens with zero attached hydrogens (tertiary/aromatic N) is 1. The van der Waals surface area contributed by atoms with Gasteiger partial charge >= 0.3 is 0 Å². The first kappa shape index (κ1) is 21.3. The van der Waals surface area contributed by atoms with Crippen LogP contribution < -0.4 is 16.0 Å². The van der Waals surface area contributed by atoms with Crippen LogP contribution in [0, 0.1) is 5.92 Å². The molecule has 1 aromatic carbocycles. The summed E-state index contributed by atoms with van der Waals surface area (Å²) in [6.45, 7) is 0.326. The molecule has 0 unspecified atom stereocenters. The molecule has 0 bridgehead atoms. The second kappa shape index (κ2) is 9.47. The molecule has 0 radical (unpaired) electrons. The van der Waals surface area contributed by atoms with Crippen LogP contribution in [0.3, 0.4) is 0 Å². The van der Waals surface area contributed by atoms with E-state index in [-0.39, 0.29) is 23.5 Å². The number of hydrogen-bond acceptors (Lipinski definition) is 5. The van der Waals surface area contributed by atoms with E-state index in [9.17, 15) is 14.4 Å². The van der Waals surface area contributed by atoms with Crippen LogP contribution in [0.1, 0.15) is 39.4 Å². The topological polar surface area (TPSA) is 113 Å². The fourth-order valence-corrected chi connectivity index (χ4v) is 3.41. The van der Waals surface area contributed by atoms with E-state index in [1.165, 1.54) is 0 Å². The van der Waals surface area contributed by atoms with Crippen LogP contribution in [0.25, 0.3) is 11.3 Å². The molecule has 0 spiro atoms. The van der Waals surface area contributed by atoms with Crippen molar-refractivity contribution in [2.24, 2.45) is 5.92 Å². The first-order valence-electron chi connectivity index (χ1n) is 10.5. The number of benzene rings is 1. The van der Waals surface area contributed by atoms with E-state index in [0.29, 0.717) is 18.0 Å². The SMILES string of the molecule is CNC(=O)[C@@H](NC(=O)c1ccc(-c2cccc(CNC(=O)c3ccccn3)c2)o1)C1CC1. The van der Waals surface area contributed by atoms with Gasteiger partial charge in [-0.2, -0.15) is 0 Å². The maximum Gasteiger partial charge on any atom is 0.287 e. The Morgan fingerprint density at radius 2 is 1.91 bits per heavy atom. The number of likely N-dealkylation sites (N-methyl/N-ethyl adjacent to an activating group) is 1.